The van der Waals surface area contributed by atoms with Gasteiger partial charge < -0.3 is 10.2 Å². The van der Waals surface area contributed by atoms with Crippen molar-refractivity contribution in [3.63, 3.8) is 0 Å². The van der Waals surface area contributed by atoms with Crippen LogP contribution in [0.25, 0.3) is 0 Å². The maximum atomic E-state index is 3.81. The number of nitrogens with one attached hydrogen (secondary N) is 1. The van der Waals surface area contributed by atoms with Gasteiger partial charge in [-0.15, -0.1) is 0 Å². The molecule has 0 heterocycles. The molecule has 0 bridgehead atoms. The minimum atomic E-state index is 0.472. The summed E-state index contributed by atoms with van der Waals surface area (Å²) < 4.78 is 0. The summed E-state index contributed by atoms with van der Waals surface area (Å²) in [5.41, 5.74) is 0. The van der Waals surface area contributed by atoms with E-state index in [2.05, 4.69) is 25.7 Å². The first kappa shape index (κ1) is 8.34. The summed E-state index contributed by atoms with van der Waals surface area (Å²) in [6.07, 6.45) is 0. The lowest BCUT2D eigenvalue weighted by molar-refractivity contribution is 0.443. The monoisotopic (exact) mass is 128 g/mol. The van der Waals surface area contributed by atoms with Crippen molar-refractivity contribution in [2.45, 2.75) is 19.9 Å². The summed E-state index contributed by atoms with van der Waals surface area (Å²) in [6.45, 7) is 7.99. The maximum Gasteiger partial charge on any atom is 0.0935 e. The molecule has 9 heavy (non-hydrogen) atoms. The molecule has 0 rings (SSSR count). The third kappa shape index (κ3) is 3.88. The van der Waals surface area contributed by atoms with Crippen molar-refractivity contribution in [2.24, 2.45) is 0 Å². The minimum Gasteiger partial charge on any atom is -0.370 e. The van der Waals surface area contributed by atoms with Gasteiger partial charge in [0.2, 0.25) is 0 Å². The SMILES string of the molecule is C=C(NC(C)C)N(C)C. The second kappa shape index (κ2) is 3.38. The summed E-state index contributed by atoms with van der Waals surface area (Å²) in [6, 6.07) is 0.472. The molecule has 0 aromatic carbocycles. The van der Waals surface area contributed by atoms with E-state index in [1.807, 2.05) is 19.0 Å². The largest absolute Gasteiger partial charge is 0.370 e. The van der Waals surface area contributed by atoms with Gasteiger partial charge in [-0.05, 0) is 13.8 Å². The number of hydrogen-bond donors (Lipinski definition) is 1. The Balaban J connectivity index is 3.51. The van der Waals surface area contributed by atoms with Gasteiger partial charge in [0.1, 0.15) is 0 Å². The van der Waals surface area contributed by atoms with E-state index in [0.717, 1.165) is 5.82 Å². The van der Waals surface area contributed by atoms with Crippen LogP contribution >= 0.6 is 0 Å². The molecule has 0 atom stereocenters. The predicted molar refractivity (Wildman–Crippen MR) is 41.1 cm³/mol. The average molecular weight is 128 g/mol. The average Bonchev–Trinajstić information content (AvgIpc) is 1.63. The summed E-state index contributed by atoms with van der Waals surface area (Å²) in [5.74, 6) is 0.963. The Labute approximate surface area is 57.5 Å². The van der Waals surface area contributed by atoms with Crippen LogP contribution in [0.15, 0.2) is 12.4 Å². The predicted octanol–water partition coefficient (Wildman–Crippen LogP) is 1.02. The molecular weight excluding hydrogens is 112 g/mol. The highest BCUT2D eigenvalue weighted by Crippen LogP contribution is 1.89. The Morgan fingerprint density at radius 1 is 1.44 bits per heavy atom. The van der Waals surface area contributed by atoms with Crippen LogP contribution < -0.4 is 5.32 Å². The van der Waals surface area contributed by atoms with Gasteiger partial charge in [0, 0.05) is 20.1 Å². The maximum absolute atomic E-state index is 3.81. The van der Waals surface area contributed by atoms with E-state index >= 15 is 0 Å². The van der Waals surface area contributed by atoms with E-state index in [9.17, 15) is 0 Å². The topological polar surface area (TPSA) is 15.3 Å². The molecule has 0 aromatic heterocycles. The summed E-state index contributed by atoms with van der Waals surface area (Å²) in [5, 5.41) is 3.17. The fourth-order valence-corrected chi connectivity index (χ4v) is 0.462. The Morgan fingerprint density at radius 2 is 1.89 bits per heavy atom. The van der Waals surface area contributed by atoms with Crippen LogP contribution in [-0.2, 0) is 0 Å². The van der Waals surface area contributed by atoms with Crippen LogP contribution in [0, 0.1) is 0 Å². The van der Waals surface area contributed by atoms with Crippen molar-refractivity contribution < 1.29 is 0 Å². The van der Waals surface area contributed by atoms with Crippen LogP contribution in [0.1, 0.15) is 13.8 Å². The molecule has 0 saturated carbocycles. The lowest BCUT2D eigenvalue weighted by Gasteiger charge is -2.19. The Bertz CT molecular complexity index is 95.1. The van der Waals surface area contributed by atoms with Gasteiger partial charge in [-0.3, -0.25) is 0 Å². The molecule has 0 aromatic rings. The Hall–Kier alpha value is -0.660. The van der Waals surface area contributed by atoms with E-state index in [-0.39, 0.29) is 0 Å². The fraction of sp³-hybridized carbons (Fsp3) is 0.714. The molecule has 0 radical (unpaired) electrons. The van der Waals surface area contributed by atoms with Crippen molar-refractivity contribution in [1.29, 1.82) is 0 Å². The first-order valence-corrected chi connectivity index (χ1v) is 3.16. The summed E-state index contributed by atoms with van der Waals surface area (Å²) in [4.78, 5) is 1.96. The van der Waals surface area contributed by atoms with Crippen LogP contribution in [-0.4, -0.2) is 25.0 Å². The molecule has 2 nitrogen and oxygen atoms in total. The molecular formula is C7H16N2. The van der Waals surface area contributed by atoms with Crippen molar-refractivity contribution in [3.05, 3.63) is 12.4 Å². The standard InChI is InChI=1S/C7H16N2/c1-6(2)8-7(3)9(4)5/h6,8H,3H2,1-2,4-5H3. The summed E-state index contributed by atoms with van der Waals surface area (Å²) >= 11 is 0. The van der Waals surface area contributed by atoms with Crippen LogP contribution in [0.5, 0.6) is 0 Å². The zero-order valence-corrected chi connectivity index (χ0v) is 6.73. The van der Waals surface area contributed by atoms with Gasteiger partial charge in [-0.25, -0.2) is 0 Å². The molecule has 1 N–H and O–H groups in total. The van der Waals surface area contributed by atoms with E-state index in [0.29, 0.717) is 6.04 Å². The van der Waals surface area contributed by atoms with Gasteiger partial charge in [-0.1, -0.05) is 6.58 Å². The molecule has 2 heteroatoms. The third-order valence-electron chi connectivity index (χ3n) is 0.995. The number of nitrogens with zero attached hydrogens (tertiary/aromatic N) is 1. The highest BCUT2D eigenvalue weighted by Gasteiger charge is 1.95. The van der Waals surface area contributed by atoms with E-state index < -0.39 is 0 Å². The molecule has 0 spiro atoms. The highest BCUT2D eigenvalue weighted by atomic mass is 15.2. The lowest BCUT2D eigenvalue weighted by Crippen LogP contribution is -2.29. The van der Waals surface area contributed by atoms with Gasteiger partial charge >= 0.3 is 0 Å². The molecule has 0 fully saturated rings. The van der Waals surface area contributed by atoms with Crippen LogP contribution in [0.2, 0.25) is 0 Å². The summed E-state index contributed by atoms with van der Waals surface area (Å²) in [7, 11) is 3.94. The third-order valence-corrected chi connectivity index (χ3v) is 0.995. The van der Waals surface area contributed by atoms with Crippen molar-refractivity contribution in [3.8, 4) is 0 Å². The smallest absolute Gasteiger partial charge is 0.0935 e. The van der Waals surface area contributed by atoms with Crippen molar-refractivity contribution >= 4 is 0 Å². The van der Waals surface area contributed by atoms with Gasteiger partial charge in [0.05, 0.1) is 5.82 Å². The second-order valence-corrected chi connectivity index (χ2v) is 2.64. The van der Waals surface area contributed by atoms with E-state index in [1.165, 1.54) is 0 Å². The normalized spacial score (nSPS) is 9.44. The molecule has 0 aliphatic carbocycles. The fourth-order valence-electron chi connectivity index (χ4n) is 0.462. The lowest BCUT2D eigenvalue weighted by atomic mass is 10.4. The van der Waals surface area contributed by atoms with Crippen molar-refractivity contribution in [1.82, 2.24) is 10.2 Å². The number of rotatable bonds is 3. The highest BCUT2D eigenvalue weighted by molar-refractivity contribution is 4.88. The van der Waals surface area contributed by atoms with Gasteiger partial charge in [-0.2, -0.15) is 0 Å². The van der Waals surface area contributed by atoms with Gasteiger partial charge in [0.25, 0.3) is 0 Å². The molecule has 0 aliphatic heterocycles. The molecule has 0 amide bonds. The van der Waals surface area contributed by atoms with E-state index in [4.69, 9.17) is 0 Å². The van der Waals surface area contributed by atoms with E-state index in [1.54, 1.807) is 0 Å². The Kier molecular flexibility index (Phi) is 3.13. The van der Waals surface area contributed by atoms with Crippen molar-refractivity contribution in [2.75, 3.05) is 14.1 Å². The molecule has 0 unspecified atom stereocenters. The minimum absolute atomic E-state index is 0.472. The molecule has 54 valence electrons. The molecule has 0 aliphatic rings. The second-order valence-electron chi connectivity index (χ2n) is 2.64. The van der Waals surface area contributed by atoms with Crippen LogP contribution in [0.4, 0.5) is 0 Å². The van der Waals surface area contributed by atoms with Crippen LogP contribution in [0.3, 0.4) is 0 Å². The zero-order valence-electron chi connectivity index (χ0n) is 6.73. The Morgan fingerprint density at radius 3 is 2.00 bits per heavy atom. The first-order valence-electron chi connectivity index (χ1n) is 3.16. The van der Waals surface area contributed by atoms with Gasteiger partial charge in [0.15, 0.2) is 0 Å². The zero-order chi connectivity index (χ0) is 7.44. The molecule has 0 saturated heterocycles. The first-order chi connectivity index (χ1) is 4.04. The number of hydrogen-bond acceptors (Lipinski definition) is 2. The quantitative estimate of drug-likeness (QED) is 0.610.